The summed E-state index contributed by atoms with van der Waals surface area (Å²) in [5, 5.41) is 0. The quantitative estimate of drug-likeness (QED) is 0.577. The predicted molar refractivity (Wildman–Crippen MR) is 87.7 cm³/mol. The minimum Gasteiger partial charge on any atom is -0.444 e. The predicted octanol–water partition coefficient (Wildman–Crippen LogP) is 1.10. The Morgan fingerprint density at radius 1 is 1.12 bits per heavy atom. The third kappa shape index (κ3) is 2.98. The van der Waals surface area contributed by atoms with Gasteiger partial charge in [0, 0.05) is 12.8 Å². The van der Waals surface area contributed by atoms with Crippen LogP contribution in [0.2, 0.25) is 0 Å². The summed E-state index contributed by atoms with van der Waals surface area (Å²) in [5.41, 5.74) is 0.478. The maximum atomic E-state index is 12.7. The highest BCUT2D eigenvalue weighted by molar-refractivity contribution is 6.23. The van der Waals surface area contributed by atoms with Crippen molar-refractivity contribution >= 4 is 29.6 Å². The number of amides is 4. The van der Waals surface area contributed by atoms with Crippen LogP contribution in [0.4, 0.5) is 0 Å². The molecule has 0 N–H and O–H groups in total. The summed E-state index contributed by atoms with van der Waals surface area (Å²) in [7, 11) is 0. The lowest BCUT2D eigenvalue weighted by atomic mass is 10.0. The second-order valence-electron chi connectivity index (χ2n) is 6.14. The Bertz CT molecular complexity index is 768. The summed E-state index contributed by atoms with van der Waals surface area (Å²) in [6, 6.07) is 5.25. The molecule has 26 heavy (non-hydrogen) atoms. The van der Waals surface area contributed by atoms with E-state index >= 15 is 0 Å². The fourth-order valence-corrected chi connectivity index (χ4v) is 3.10. The maximum Gasteiger partial charge on any atom is 0.307 e. The van der Waals surface area contributed by atoms with E-state index in [-0.39, 0.29) is 30.4 Å². The molecule has 1 aromatic rings. The van der Waals surface area contributed by atoms with E-state index in [1.54, 1.807) is 19.1 Å². The highest BCUT2D eigenvalue weighted by Crippen LogP contribution is 2.28. The molecule has 4 amide bonds. The summed E-state index contributed by atoms with van der Waals surface area (Å²) in [4.78, 5) is 63.1. The molecule has 2 aliphatic rings. The third-order valence-electron chi connectivity index (χ3n) is 4.43. The van der Waals surface area contributed by atoms with Gasteiger partial charge in [-0.2, -0.15) is 0 Å². The van der Waals surface area contributed by atoms with Crippen LogP contribution in [0.3, 0.4) is 0 Å². The van der Waals surface area contributed by atoms with E-state index in [9.17, 15) is 24.0 Å². The van der Waals surface area contributed by atoms with E-state index < -0.39 is 42.4 Å². The first-order chi connectivity index (χ1) is 12.5. The summed E-state index contributed by atoms with van der Waals surface area (Å²) in [6.07, 6.45) is 0.800. The zero-order chi connectivity index (χ0) is 18.8. The number of nitrogens with zero attached hydrogens (tertiary/aromatic N) is 2. The summed E-state index contributed by atoms with van der Waals surface area (Å²) in [5.74, 6) is -2.83. The van der Waals surface area contributed by atoms with Crippen LogP contribution in [0.25, 0.3) is 0 Å². The molecule has 136 valence electrons. The van der Waals surface area contributed by atoms with Gasteiger partial charge < -0.3 is 4.74 Å². The average Bonchev–Trinajstić information content (AvgIpc) is 2.87. The topological polar surface area (TPSA) is 101 Å². The number of fused-ring (bicyclic) bond motifs is 1. The maximum absolute atomic E-state index is 12.7. The third-order valence-corrected chi connectivity index (χ3v) is 4.43. The Hall–Kier alpha value is -3.03. The van der Waals surface area contributed by atoms with Crippen LogP contribution in [0.1, 0.15) is 53.3 Å². The van der Waals surface area contributed by atoms with Crippen molar-refractivity contribution in [2.24, 2.45) is 0 Å². The fourth-order valence-electron chi connectivity index (χ4n) is 3.10. The Kier molecular flexibility index (Phi) is 4.83. The number of carbonyl (C=O) groups is 5. The van der Waals surface area contributed by atoms with Gasteiger partial charge in [-0.25, -0.2) is 4.90 Å². The van der Waals surface area contributed by atoms with Crippen LogP contribution in [0, 0.1) is 0 Å². The summed E-state index contributed by atoms with van der Waals surface area (Å²) < 4.78 is 4.95. The van der Waals surface area contributed by atoms with Crippen LogP contribution in [0.15, 0.2) is 24.3 Å². The van der Waals surface area contributed by atoms with Gasteiger partial charge in [-0.3, -0.25) is 28.9 Å². The van der Waals surface area contributed by atoms with Gasteiger partial charge in [0.15, 0.2) is 6.73 Å². The van der Waals surface area contributed by atoms with Gasteiger partial charge in [-0.15, -0.1) is 0 Å². The first-order valence-electron chi connectivity index (χ1n) is 8.42. The van der Waals surface area contributed by atoms with Crippen LogP contribution >= 0.6 is 0 Å². The molecule has 1 unspecified atom stereocenters. The standard InChI is InChI=1S/C18H18N2O6/c1-2-5-15(22)26-10-19-14(21)9-8-13(18(19)25)20-16(23)11-6-3-4-7-12(11)17(20)24/h3-4,6-7,13H,2,5,8-10H2,1H3. The molecule has 0 spiro atoms. The lowest BCUT2D eigenvalue weighted by Crippen LogP contribution is -2.56. The molecule has 0 bridgehead atoms. The van der Waals surface area contributed by atoms with Crippen LogP contribution in [-0.2, 0) is 19.1 Å². The first-order valence-corrected chi connectivity index (χ1v) is 8.42. The molecule has 8 heteroatoms. The van der Waals surface area contributed by atoms with Crippen molar-refractivity contribution < 1.29 is 28.7 Å². The molecular weight excluding hydrogens is 340 g/mol. The van der Waals surface area contributed by atoms with Crippen molar-refractivity contribution in [1.29, 1.82) is 0 Å². The van der Waals surface area contributed by atoms with E-state index in [2.05, 4.69) is 0 Å². The van der Waals surface area contributed by atoms with Gasteiger partial charge in [-0.05, 0) is 25.0 Å². The van der Waals surface area contributed by atoms with Gasteiger partial charge in [-0.1, -0.05) is 19.1 Å². The molecule has 2 aliphatic heterocycles. The normalized spacial score (nSPS) is 19.8. The molecule has 1 fully saturated rings. The number of carbonyl (C=O) groups excluding carboxylic acids is 5. The lowest BCUT2D eigenvalue weighted by molar-refractivity contribution is -0.163. The number of esters is 1. The number of piperidine rings is 1. The van der Waals surface area contributed by atoms with Crippen molar-refractivity contribution in [3.8, 4) is 0 Å². The molecule has 1 saturated heterocycles. The van der Waals surface area contributed by atoms with Crippen molar-refractivity contribution in [2.45, 2.75) is 38.6 Å². The van der Waals surface area contributed by atoms with Gasteiger partial charge in [0.2, 0.25) is 5.91 Å². The summed E-state index contributed by atoms with van der Waals surface area (Å²) >= 11 is 0. The molecule has 2 heterocycles. The zero-order valence-corrected chi connectivity index (χ0v) is 14.3. The van der Waals surface area contributed by atoms with Crippen LogP contribution in [-0.4, -0.2) is 52.2 Å². The van der Waals surface area contributed by atoms with Gasteiger partial charge in [0.25, 0.3) is 17.7 Å². The number of ether oxygens (including phenoxy) is 1. The number of hydrogen-bond acceptors (Lipinski definition) is 6. The summed E-state index contributed by atoms with van der Waals surface area (Å²) in [6.45, 7) is 1.30. The molecular formula is C18H18N2O6. The average molecular weight is 358 g/mol. The molecule has 0 radical (unpaired) electrons. The second kappa shape index (κ2) is 7.07. The molecule has 8 nitrogen and oxygen atoms in total. The van der Waals surface area contributed by atoms with Crippen LogP contribution < -0.4 is 0 Å². The monoisotopic (exact) mass is 358 g/mol. The van der Waals surface area contributed by atoms with E-state index in [1.807, 2.05) is 0 Å². The van der Waals surface area contributed by atoms with E-state index in [1.165, 1.54) is 12.1 Å². The number of benzene rings is 1. The Labute approximate surface area is 149 Å². The number of hydrogen-bond donors (Lipinski definition) is 0. The lowest BCUT2D eigenvalue weighted by Gasteiger charge is -2.33. The largest absolute Gasteiger partial charge is 0.444 e. The SMILES string of the molecule is CCCC(=O)OCN1C(=O)CCC(N2C(=O)c3ccccc3C2=O)C1=O. The van der Waals surface area contributed by atoms with Gasteiger partial charge in [0.1, 0.15) is 6.04 Å². The van der Waals surface area contributed by atoms with Crippen molar-refractivity contribution in [2.75, 3.05) is 6.73 Å². The first kappa shape index (κ1) is 17.8. The number of imide groups is 2. The fraction of sp³-hybridized carbons (Fsp3) is 0.389. The molecule has 0 aromatic heterocycles. The van der Waals surface area contributed by atoms with Gasteiger partial charge in [0.05, 0.1) is 11.1 Å². The minimum atomic E-state index is -1.08. The highest BCUT2D eigenvalue weighted by Gasteiger charge is 2.47. The molecule has 1 aromatic carbocycles. The second-order valence-corrected chi connectivity index (χ2v) is 6.14. The number of likely N-dealkylation sites (tertiary alicyclic amines) is 1. The molecule has 1 atom stereocenters. The van der Waals surface area contributed by atoms with Crippen LogP contribution in [0.5, 0.6) is 0 Å². The van der Waals surface area contributed by atoms with Crippen molar-refractivity contribution in [1.82, 2.24) is 9.80 Å². The van der Waals surface area contributed by atoms with E-state index in [4.69, 9.17) is 4.74 Å². The van der Waals surface area contributed by atoms with E-state index in [0.29, 0.717) is 6.42 Å². The Balaban J connectivity index is 1.78. The molecule has 0 aliphatic carbocycles. The number of rotatable bonds is 5. The van der Waals surface area contributed by atoms with Gasteiger partial charge >= 0.3 is 5.97 Å². The van der Waals surface area contributed by atoms with E-state index in [0.717, 1.165) is 9.80 Å². The Morgan fingerprint density at radius 3 is 2.31 bits per heavy atom. The molecule has 0 saturated carbocycles. The molecule has 3 rings (SSSR count). The smallest absolute Gasteiger partial charge is 0.307 e. The minimum absolute atomic E-state index is 0.0187. The van der Waals surface area contributed by atoms with Crippen molar-refractivity contribution in [3.63, 3.8) is 0 Å². The Morgan fingerprint density at radius 2 is 1.73 bits per heavy atom. The van der Waals surface area contributed by atoms with Crippen molar-refractivity contribution in [3.05, 3.63) is 35.4 Å². The highest BCUT2D eigenvalue weighted by atomic mass is 16.5. The zero-order valence-electron chi connectivity index (χ0n) is 14.3.